The van der Waals surface area contributed by atoms with Crippen molar-refractivity contribution < 1.29 is 9.53 Å². The van der Waals surface area contributed by atoms with E-state index in [0.29, 0.717) is 61.1 Å². The number of aromatic nitrogens is 3. The van der Waals surface area contributed by atoms with Crippen LogP contribution in [0, 0.1) is 0 Å². The number of rotatable bonds is 6. The predicted octanol–water partition coefficient (Wildman–Crippen LogP) is -0.688. The summed E-state index contributed by atoms with van der Waals surface area (Å²) in [5.74, 6) is 1.62. The molecule has 4 rings (SSSR count). The van der Waals surface area contributed by atoms with Crippen molar-refractivity contribution in [2.24, 2.45) is 22.9 Å². The third-order valence-electron chi connectivity index (χ3n) is 5.97. The highest BCUT2D eigenvalue weighted by Gasteiger charge is 2.29. The number of hydrogen-bond acceptors (Lipinski definition) is 12. The molecule has 2 saturated heterocycles. The second-order valence-corrected chi connectivity index (χ2v) is 9.30. The maximum atomic E-state index is 11.5. The Morgan fingerprint density at radius 1 is 0.914 bits per heavy atom. The highest BCUT2D eigenvalue weighted by atomic mass is 16.5. The number of nitrogens with one attached hydrogen (secondary N) is 2. The van der Waals surface area contributed by atoms with Crippen LogP contribution >= 0.6 is 0 Å². The molecule has 4 unspecified atom stereocenters. The van der Waals surface area contributed by atoms with E-state index in [1.54, 1.807) is 25.3 Å². The van der Waals surface area contributed by atoms with Crippen LogP contribution in [0.3, 0.4) is 0 Å². The van der Waals surface area contributed by atoms with Gasteiger partial charge in [0.2, 0.25) is 23.8 Å². The van der Waals surface area contributed by atoms with E-state index in [0.717, 1.165) is 12.8 Å². The molecule has 1 aromatic heterocycles. The van der Waals surface area contributed by atoms with Crippen LogP contribution in [0.4, 0.5) is 29.2 Å². The second-order valence-electron chi connectivity index (χ2n) is 9.30. The number of ether oxygens (including phenoxy) is 1. The van der Waals surface area contributed by atoms with Gasteiger partial charge < -0.3 is 48.1 Å². The fraction of sp³-hybridized carbons (Fsp3) is 0.545. The van der Waals surface area contributed by atoms with Gasteiger partial charge in [-0.2, -0.15) is 15.0 Å². The summed E-state index contributed by atoms with van der Waals surface area (Å²) in [5.41, 5.74) is 26.1. The first-order chi connectivity index (χ1) is 16.7. The summed E-state index contributed by atoms with van der Waals surface area (Å²) in [6.07, 6.45) is 1.48. The highest BCUT2D eigenvalue weighted by molar-refractivity contribution is 5.89. The van der Waals surface area contributed by atoms with Gasteiger partial charge in [-0.1, -0.05) is 0 Å². The number of benzene rings is 1. The fourth-order valence-corrected chi connectivity index (χ4v) is 4.58. The molecular formula is C22H35N11O2. The summed E-state index contributed by atoms with van der Waals surface area (Å²) < 4.78 is 5.49. The first-order valence-corrected chi connectivity index (χ1v) is 11.7. The minimum absolute atomic E-state index is 0.0818. The predicted molar refractivity (Wildman–Crippen MR) is 136 cm³/mol. The van der Waals surface area contributed by atoms with Crippen LogP contribution in [0.5, 0.6) is 5.75 Å². The molecule has 10 N–H and O–H groups in total. The summed E-state index contributed by atoms with van der Waals surface area (Å²) in [6.45, 7) is 3.77. The summed E-state index contributed by atoms with van der Waals surface area (Å²) in [5, 5.41) is 5.99. The van der Waals surface area contributed by atoms with Gasteiger partial charge in [0.15, 0.2) is 0 Å². The summed E-state index contributed by atoms with van der Waals surface area (Å²) >= 11 is 0. The molecule has 2 fully saturated rings. The molecule has 13 nitrogen and oxygen atoms in total. The van der Waals surface area contributed by atoms with Gasteiger partial charge in [-0.15, -0.1) is 0 Å². The van der Waals surface area contributed by atoms with Gasteiger partial charge in [-0.25, -0.2) is 0 Å². The van der Waals surface area contributed by atoms with Gasteiger partial charge in [0.1, 0.15) is 5.75 Å². The molecular weight excluding hydrogens is 450 g/mol. The van der Waals surface area contributed by atoms with E-state index in [4.69, 9.17) is 32.7 Å². The Bertz CT molecular complexity index is 988. The van der Waals surface area contributed by atoms with Gasteiger partial charge in [0.25, 0.3) is 0 Å². The zero-order chi connectivity index (χ0) is 25.1. The van der Waals surface area contributed by atoms with Crippen molar-refractivity contribution in [2.45, 2.75) is 43.9 Å². The van der Waals surface area contributed by atoms with Crippen LogP contribution in [0.2, 0.25) is 0 Å². The Morgan fingerprint density at radius 2 is 1.43 bits per heavy atom. The summed E-state index contributed by atoms with van der Waals surface area (Å²) in [6, 6.07) is 4.93. The molecule has 0 bridgehead atoms. The SMILES string of the molecule is COc1ccc(NC(C)=O)cc1Nc1nc(N2CC(N)CC(N)C2)nc(N2CC(N)CC(N)C2)n1. The number of anilines is 5. The molecule has 1 aromatic carbocycles. The Balaban J connectivity index is 1.71. The monoisotopic (exact) mass is 485 g/mol. The number of methoxy groups -OCH3 is 1. The maximum absolute atomic E-state index is 11.5. The van der Waals surface area contributed by atoms with Crippen molar-refractivity contribution in [3.05, 3.63) is 18.2 Å². The number of nitrogens with zero attached hydrogens (tertiary/aromatic N) is 5. The topological polar surface area (TPSA) is 200 Å². The lowest BCUT2D eigenvalue weighted by atomic mass is 10.0. The van der Waals surface area contributed by atoms with Gasteiger partial charge >= 0.3 is 0 Å². The number of carbonyl (C=O) groups is 1. The molecule has 0 radical (unpaired) electrons. The Labute approximate surface area is 204 Å². The Kier molecular flexibility index (Phi) is 7.50. The number of piperidine rings is 2. The average Bonchev–Trinajstić information content (AvgIpc) is 2.77. The van der Waals surface area contributed by atoms with E-state index in [1.165, 1.54) is 6.92 Å². The van der Waals surface area contributed by atoms with Gasteiger partial charge in [-0.3, -0.25) is 4.79 Å². The van der Waals surface area contributed by atoms with Gasteiger partial charge in [0, 0.05) is 63.0 Å². The minimum atomic E-state index is -0.179. The summed E-state index contributed by atoms with van der Waals surface area (Å²) in [4.78, 5) is 29.6. The third kappa shape index (κ3) is 6.25. The zero-order valence-electron chi connectivity index (χ0n) is 20.1. The number of nitrogens with two attached hydrogens (primary N) is 4. The molecule has 1 amide bonds. The number of amides is 1. The smallest absolute Gasteiger partial charge is 0.233 e. The van der Waals surface area contributed by atoms with Crippen molar-refractivity contribution in [3.63, 3.8) is 0 Å². The fourth-order valence-electron chi connectivity index (χ4n) is 4.58. The zero-order valence-corrected chi connectivity index (χ0v) is 20.1. The molecule has 3 heterocycles. The van der Waals surface area contributed by atoms with Crippen molar-refractivity contribution >= 4 is 35.1 Å². The van der Waals surface area contributed by atoms with E-state index in [-0.39, 0.29) is 30.1 Å². The van der Waals surface area contributed by atoms with Crippen LogP contribution in [0.25, 0.3) is 0 Å². The molecule has 4 atom stereocenters. The normalized spacial score (nSPS) is 24.7. The lowest BCUT2D eigenvalue weighted by Crippen LogP contribution is -2.54. The second kappa shape index (κ2) is 10.6. The first-order valence-electron chi connectivity index (χ1n) is 11.7. The third-order valence-corrected chi connectivity index (χ3v) is 5.97. The van der Waals surface area contributed by atoms with Crippen molar-refractivity contribution in [1.29, 1.82) is 0 Å². The summed E-state index contributed by atoms with van der Waals surface area (Å²) in [7, 11) is 1.57. The van der Waals surface area contributed by atoms with E-state index in [2.05, 4.69) is 20.6 Å². The lowest BCUT2D eigenvalue weighted by molar-refractivity contribution is -0.114. The molecule has 0 saturated carbocycles. The van der Waals surface area contributed by atoms with E-state index in [9.17, 15) is 4.79 Å². The van der Waals surface area contributed by atoms with Crippen molar-refractivity contribution in [1.82, 2.24) is 15.0 Å². The van der Waals surface area contributed by atoms with Gasteiger partial charge in [-0.05, 0) is 31.0 Å². The van der Waals surface area contributed by atoms with E-state index in [1.807, 2.05) is 9.80 Å². The first kappa shape index (κ1) is 24.9. The van der Waals surface area contributed by atoms with Crippen LogP contribution in [0.1, 0.15) is 19.8 Å². The molecule has 2 aliphatic heterocycles. The maximum Gasteiger partial charge on any atom is 0.233 e. The minimum Gasteiger partial charge on any atom is -0.495 e. The van der Waals surface area contributed by atoms with Crippen LogP contribution in [-0.4, -0.2) is 78.3 Å². The van der Waals surface area contributed by atoms with Crippen LogP contribution in [-0.2, 0) is 4.79 Å². The molecule has 190 valence electrons. The lowest BCUT2D eigenvalue weighted by Gasteiger charge is -2.37. The van der Waals surface area contributed by atoms with E-state index >= 15 is 0 Å². The van der Waals surface area contributed by atoms with Gasteiger partial charge in [0.05, 0.1) is 12.8 Å². The Hall–Kier alpha value is -3.26. The number of hydrogen-bond donors (Lipinski definition) is 6. The van der Waals surface area contributed by atoms with Crippen LogP contribution < -0.4 is 48.1 Å². The molecule has 0 spiro atoms. The van der Waals surface area contributed by atoms with Crippen molar-refractivity contribution in [2.75, 3.05) is 53.7 Å². The van der Waals surface area contributed by atoms with Crippen LogP contribution in [0.15, 0.2) is 18.2 Å². The molecule has 0 aliphatic carbocycles. The molecule has 13 heteroatoms. The quantitative estimate of drug-likeness (QED) is 0.301. The van der Waals surface area contributed by atoms with Crippen molar-refractivity contribution in [3.8, 4) is 5.75 Å². The molecule has 2 aromatic rings. The molecule has 35 heavy (non-hydrogen) atoms. The number of carbonyl (C=O) groups excluding carboxylic acids is 1. The highest BCUT2D eigenvalue weighted by Crippen LogP contribution is 2.31. The Morgan fingerprint density at radius 3 is 1.89 bits per heavy atom. The standard InChI is InChI=1S/C22H35N11O2/c1-12(34)27-17-3-4-19(35-2)18(7-17)28-20-29-21(32-8-13(23)5-14(24)9-32)31-22(30-20)33-10-15(25)6-16(26)11-33/h3-4,7,13-16H,5-6,8-11,23-26H2,1-2H3,(H,27,34)(H,28,29,30,31). The largest absolute Gasteiger partial charge is 0.495 e. The average molecular weight is 486 g/mol. The molecule has 2 aliphatic rings. The van der Waals surface area contributed by atoms with E-state index < -0.39 is 0 Å².